The highest BCUT2D eigenvalue weighted by Crippen LogP contribution is 2.44. The van der Waals surface area contributed by atoms with Crippen LogP contribution in [0.25, 0.3) is 0 Å². The summed E-state index contributed by atoms with van der Waals surface area (Å²) in [6.45, 7) is 6.94. The van der Waals surface area contributed by atoms with Crippen LogP contribution in [0.15, 0.2) is 23.0 Å². The third kappa shape index (κ3) is 3.51. The third-order valence-electron chi connectivity index (χ3n) is 6.60. The Morgan fingerprint density at radius 2 is 1.87 bits per heavy atom. The Morgan fingerprint density at radius 1 is 1.17 bits per heavy atom. The van der Waals surface area contributed by atoms with Crippen LogP contribution in [0, 0.1) is 6.92 Å². The summed E-state index contributed by atoms with van der Waals surface area (Å²) in [5.41, 5.74) is 1.42. The number of carbonyl (C=O) groups is 1. The van der Waals surface area contributed by atoms with Crippen molar-refractivity contribution >= 4 is 17.5 Å². The fourth-order valence-corrected chi connectivity index (χ4v) is 5.37. The van der Waals surface area contributed by atoms with Gasteiger partial charge in [-0.25, -0.2) is 0 Å². The van der Waals surface area contributed by atoms with Gasteiger partial charge in [0.2, 0.25) is 5.75 Å². The molecular formula is C23H28ClN3O3. The maximum absolute atomic E-state index is 13.0. The van der Waals surface area contributed by atoms with Crippen LogP contribution in [0.2, 0.25) is 5.02 Å². The molecule has 1 N–H and O–H groups in total. The van der Waals surface area contributed by atoms with Gasteiger partial charge >= 0.3 is 5.56 Å². The molecule has 1 aliphatic carbocycles. The van der Waals surface area contributed by atoms with E-state index >= 15 is 0 Å². The smallest absolute Gasteiger partial charge is 0.315 e. The molecule has 4 rings (SSSR count). The topological polar surface area (TPSA) is 75.4 Å². The van der Waals surface area contributed by atoms with E-state index in [1.165, 1.54) is 0 Å². The molecule has 1 aromatic heterocycles. The van der Waals surface area contributed by atoms with E-state index in [2.05, 4.69) is 11.1 Å². The number of amides is 1. The van der Waals surface area contributed by atoms with Crippen LogP contribution in [0.5, 0.6) is 5.75 Å². The molecule has 7 heteroatoms. The first-order valence-electron chi connectivity index (χ1n) is 10.6. The fourth-order valence-electron chi connectivity index (χ4n) is 5.08. The molecule has 0 radical (unpaired) electrons. The number of fused-ring (bicyclic) bond motifs is 1. The predicted molar refractivity (Wildman–Crippen MR) is 116 cm³/mol. The van der Waals surface area contributed by atoms with Gasteiger partial charge in [-0.05, 0) is 56.9 Å². The van der Waals surface area contributed by atoms with Gasteiger partial charge in [-0.1, -0.05) is 30.5 Å². The molecule has 0 bridgehead atoms. The van der Waals surface area contributed by atoms with Gasteiger partial charge in [0.25, 0.3) is 5.91 Å². The molecule has 0 unspecified atom stereocenters. The van der Waals surface area contributed by atoms with E-state index < -0.39 is 11.3 Å². The number of aromatic hydroxyl groups is 1. The van der Waals surface area contributed by atoms with Crippen LogP contribution in [0.4, 0.5) is 0 Å². The monoisotopic (exact) mass is 429 g/mol. The number of aryl methyl sites for hydroxylation is 1. The molecular weight excluding hydrogens is 402 g/mol. The number of hydrogen-bond donors (Lipinski definition) is 1. The number of hydrogen-bond acceptors (Lipinski definition) is 4. The highest BCUT2D eigenvalue weighted by atomic mass is 35.5. The largest absolute Gasteiger partial charge is 0.501 e. The second kappa shape index (κ2) is 7.73. The van der Waals surface area contributed by atoms with E-state index in [-0.39, 0.29) is 23.1 Å². The minimum absolute atomic E-state index is 0.00650. The molecule has 0 saturated heterocycles. The van der Waals surface area contributed by atoms with Gasteiger partial charge in [0, 0.05) is 36.0 Å². The van der Waals surface area contributed by atoms with Crippen molar-refractivity contribution in [3.8, 4) is 5.75 Å². The quantitative estimate of drug-likeness (QED) is 0.801. The first-order chi connectivity index (χ1) is 14.2. The molecule has 1 saturated carbocycles. The van der Waals surface area contributed by atoms with E-state index in [9.17, 15) is 14.7 Å². The standard InChI is InChI=1S/C23H28ClN3O3/c1-14(2)26-8-9-27-18(25-21(29)20(28)19(27)22(26)30)13-23(6-4-5-7-23)16-10-15(3)11-17(24)12-16/h10-12,14,28H,4-9,13H2,1-3H3. The van der Waals surface area contributed by atoms with Crippen LogP contribution >= 0.6 is 11.6 Å². The number of aromatic nitrogens is 2. The van der Waals surface area contributed by atoms with Crippen LogP contribution < -0.4 is 5.56 Å². The Hall–Kier alpha value is -2.34. The van der Waals surface area contributed by atoms with Crippen molar-refractivity contribution in [2.75, 3.05) is 6.54 Å². The maximum Gasteiger partial charge on any atom is 0.315 e. The van der Waals surface area contributed by atoms with Crippen LogP contribution in [0.1, 0.15) is 67.0 Å². The van der Waals surface area contributed by atoms with Crippen molar-refractivity contribution in [3.05, 3.63) is 56.2 Å². The summed E-state index contributed by atoms with van der Waals surface area (Å²) >= 11 is 6.37. The lowest BCUT2D eigenvalue weighted by atomic mass is 9.75. The van der Waals surface area contributed by atoms with Crippen LogP contribution in [0.3, 0.4) is 0 Å². The van der Waals surface area contributed by atoms with Gasteiger partial charge in [0.1, 0.15) is 5.82 Å². The summed E-state index contributed by atoms with van der Waals surface area (Å²) in [6, 6.07) is 6.12. The Balaban J connectivity index is 1.82. The first-order valence-corrected chi connectivity index (χ1v) is 11.0. The highest BCUT2D eigenvalue weighted by molar-refractivity contribution is 6.30. The fraction of sp³-hybridized carbons (Fsp3) is 0.522. The van der Waals surface area contributed by atoms with E-state index in [4.69, 9.17) is 11.6 Å². The predicted octanol–water partition coefficient (Wildman–Crippen LogP) is 3.83. The molecule has 2 aromatic rings. The van der Waals surface area contributed by atoms with Crippen LogP contribution in [-0.4, -0.2) is 38.1 Å². The number of nitrogens with zero attached hydrogens (tertiary/aromatic N) is 3. The Morgan fingerprint density at radius 3 is 2.50 bits per heavy atom. The first kappa shape index (κ1) is 20.9. The second-order valence-electron chi connectivity index (χ2n) is 8.96. The summed E-state index contributed by atoms with van der Waals surface area (Å²) in [6.07, 6.45) is 4.70. The lowest BCUT2D eigenvalue weighted by Gasteiger charge is -2.36. The SMILES string of the molecule is Cc1cc(Cl)cc(C2(Cc3nc(=O)c(O)c4n3CCN(C(C)C)C4=O)CCCC2)c1. The maximum atomic E-state index is 13.0. The zero-order chi connectivity index (χ0) is 21.6. The normalized spacial score (nSPS) is 18.2. The van der Waals surface area contributed by atoms with E-state index in [1.54, 1.807) is 9.47 Å². The average molecular weight is 430 g/mol. The summed E-state index contributed by atoms with van der Waals surface area (Å²) < 4.78 is 1.76. The lowest BCUT2D eigenvalue weighted by molar-refractivity contribution is 0.0636. The highest BCUT2D eigenvalue weighted by Gasteiger charge is 2.39. The zero-order valence-electron chi connectivity index (χ0n) is 17.7. The number of carbonyl (C=O) groups excluding carboxylic acids is 1. The molecule has 0 spiro atoms. The number of halogens is 1. The van der Waals surface area contributed by atoms with E-state index in [0.29, 0.717) is 30.4 Å². The van der Waals surface area contributed by atoms with E-state index in [1.807, 2.05) is 32.9 Å². The summed E-state index contributed by atoms with van der Waals surface area (Å²) in [7, 11) is 0. The minimum atomic E-state index is -0.731. The molecule has 30 heavy (non-hydrogen) atoms. The molecule has 6 nitrogen and oxygen atoms in total. The molecule has 2 heterocycles. The van der Waals surface area contributed by atoms with Crippen molar-refractivity contribution in [1.82, 2.24) is 14.5 Å². The lowest BCUT2D eigenvalue weighted by Crippen LogP contribution is -2.46. The van der Waals surface area contributed by atoms with Gasteiger partial charge in [-0.15, -0.1) is 0 Å². The number of benzene rings is 1. The summed E-state index contributed by atoms with van der Waals surface area (Å²) in [4.78, 5) is 31.4. The Kier molecular flexibility index (Phi) is 5.39. The number of rotatable bonds is 4. The minimum Gasteiger partial charge on any atom is -0.501 e. The van der Waals surface area contributed by atoms with Gasteiger partial charge in [0.15, 0.2) is 5.69 Å². The van der Waals surface area contributed by atoms with Gasteiger partial charge < -0.3 is 14.6 Å². The van der Waals surface area contributed by atoms with Gasteiger partial charge in [-0.2, -0.15) is 4.98 Å². The summed E-state index contributed by atoms with van der Waals surface area (Å²) in [5, 5.41) is 11.1. The van der Waals surface area contributed by atoms with Crippen molar-refractivity contribution < 1.29 is 9.90 Å². The van der Waals surface area contributed by atoms with Gasteiger partial charge in [-0.3, -0.25) is 9.59 Å². The molecule has 2 aliphatic rings. The van der Waals surface area contributed by atoms with Crippen molar-refractivity contribution in [2.24, 2.45) is 0 Å². The summed E-state index contributed by atoms with van der Waals surface area (Å²) in [5.74, 6) is -0.286. The van der Waals surface area contributed by atoms with Crippen molar-refractivity contribution in [3.63, 3.8) is 0 Å². The average Bonchev–Trinajstić information content (AvgIpc) is 3.14. The Labute approximate surface area is 181 Å². The van der Waals surface area contributed by atoms with Crippen LogP contribution in [-0.2, 0) is 18.4 Å². The van der Waals surface area contributed by atoms with Crippen molar-refractivity contribution in [2.45, 2.75) is 70.9 Å². The molecule has 1 aromatic carbocycles. The third-order valence-corrected chi connectivity index (χ3v) is 6.82. The second-order valence-corrected chi connectivity index (χ2v) is 9.39. The van der Waals surface area contributed by atoms with E-state index in [0.717, 1.165) is 36.8 Å². The molecule has 1 fully saturated rings. The molecule has 1 aliphatic heterocycles. The molecule has 1 amide bonds. The van der Waals surface area contributed by atoms with Crippen molar-refractivity contribution in [1.29, 1.82) is 0 Å². The zero-order valence-corrected chi connectivity index (χ0v) is 18.5. The Bertz CT molecular complexity index is 1030. The molecule has 0 atom stereocenters. The molecule has 160 valence electrons. The van der Waals surface area contributed by atoms with Gasteiger partial charge in [0.05, 0.1) is 0 Å².